The van der Waals surface area contributed by atoms with Gasteiger partial charge >= 0.3 is 6.18 Å². The summed E-state index contributed by atoms with van der Waals surface area (Å²) in [6.45, 7) is 1.90. The summed E-state index contributed by atoms with van der Waals surface area (Å²) < 4.78 is 44.8. The molecule has 5 rings (SSSR count). The van der Waals surface area contributed by atoms with Crippen LogP contribution in [0.15, 0.2) is 48.5 Å². The first-order valence-corrected chi connectivity index (χ1v) is 11.8. The summed E-state index contributed by atoms with van der Waals surface area (Å²) in [6.07, 6.45) is -4.52. The Balaban J connectivity index is 1.80. The molecule has 1 aromatic heterocycles. The third-order valence-corrected chi connectivity index (χ3v) is 9.75. The Labute approximate surface area is 181 Å². The molecule has 2 aliphatic rings. The maximum Gasteiger partial charge on any atom is 0.396 e. The molecule has 0 unspecified atom stereocenters. The van der Waals surface area contributed by atoms with Gasteiger partial charge in [-0.25, -0.2) is 0 Å². The van der Waals surface area contributed by atoms with Crippen LogP contribution in [0, 0.1) is 12.8 Å². The van der Waals surface area contributed by atoms with Crippen molar-refractivity contribution < 1.29 is 18.0 Å². The van der Waals surface area contributed by atoms with E-state index in [2.05, 4.69) is 0 Å². The van der Waals surface area contributed by atoms with Crippen molar-refractivity contribution in [3.05, 3.63) is 70.9 Å². The van der Waals surface area contributed by atoms with Gasteiger partial charge in [-0.2, -0.15) is 13.2 Å². The van der Waals surface area contributed by atoms with Crippen LogP contribution in [-0.2, 0) is 11.1 Å². The smallest absolute Gasteiger partial charge is 0.345 e. The van der Waals surface area contributed by atoms with Crippen LogP contribution in [0.2, 0.25) is 0 Å². The summed E-state index contributed by atoms with van der Waals surface area (Å²) in [5.74, 6) is -1.95. The van der Waals surface area contributed by atoms with E-state index in [4.69, 9.17) is 0 Å². The monoisotopic (exact) mass is 447 g/mol. The number of nitrogens with zero attached hydrogens (tertiary/aromatic N) is 1. The van der Waals surface area contributed by atoms with Gasteiger partial charge in [0.2, 0.25) is 0 Å². The summed E-state index contributed by atoms with van der Waals surface area (Å²) in [4.78, 5) is 13.7. The van der Waals surface area contributed by atoms with E-state index in [1.165, 1.54) is 23.5 Å². The average molecular weight is 448 g/mol. The number of halogens is 3. The van der Waals surface area contributed by atoms with Crippen molar-refractivity contribution in [3.8, 4) is 0 Å². The third kappa shape index (κ3) is 2.71. The van der Waals surface area contributed by atoms with E-state index in [1.807, 2.05) is 30.7 Å². The van der Waals surface area contributed by atoms with Gasteiger partial charge in [0.1, 0.15) is 4.08 Å². The number of rotatable bonds is 2. The zero-order valence-electron chi connectivity index (χ0n) is 16.5. The van der Waals surface area contributed by atoms with Crippen molar-refractivity contribution >= 4 is 40.2 Å². The van der Waals surface area contributed by atoms with Crippen LogP contribution in [0.25, 0.3) is 10.9 Å². The highest BCUT2D eigenvalue weighted by Gasteiger charge is 2.66. The number of ketones is 1. The molecular formula is C23H20F3NOS2. The van der Waals surface area contributed by atoms with Gasteiger partial charge in [-0.1, -0.05) is 48.0 Å². The Hall–Kier alpha value is -1.86. The number of aryl methyl sites for hydroxylation is 2. The zero-order valence-corrected chi connectivity index (χ0v) is 18.1. The average Bonchev–Trinajstić information content (AvgIpc) is 3.38. The van der Waals surface area contributed by atoms with Gasteiger partial charge in [-0.15, -0.1) is 23.5 Å². The third-order valence-electron chi connectivity index (χ3n) is 6.22. The lowest BCUT2D eigenvalue weighted by molar-refractivity contribution is -0.156. The van der Waals surface area contributed by atoms with Crippen LogP contribution in [-0.4, -0.2) is 28.0 Å². The molecule has 1 saturated heterocycles. The molecule has 0 saturated carbocycles. The lowest BCUT2D eigenvalue weighted by atomic mass is 9.84. The molecule has 156 valence electrons. The molecule has 1 spiro atoms. The molecule has 0 bridgehead atoms. The van der Waals surface area contributed by atoms with Crippen LogP contribution in [0.1, 0.15) is 33.1 Å². The van der Waals surface area contributed by atoms with Crippen molar-refractivity contribution in [1.29, 1.82) is 0 Å². The van der Waals surface area contributed by atoms with Gasteiger partial charge in [0.05, 0.1) is 11.8 Å². The van der Waals surface area contributed by atoms with Crippen molar-refractivity contribution in [2.24, 2.45) is 13.0 Å². The summed E-state index contributed by atoms with van der Waals surface area (Å²) in [5.41, 5.74) is 3.05. The quantitative estimate of drug-likeness (QED) is 0.432. The number of alkyl halides is 3. The second kappa shape index (κ2) is 6.82. The predicted molar refractivity (Wildman–Crippen MR) is 117 cm³/mol. The lowest BCUT2D eigenvalue weighted by Crippen LogP contribution is -2.38. The molecule has 0 amide bonds. The molecule has 7 heteroatoms. The fourth-order valence-corrected chi connectivity index (χ4v) is 8.73. The molecule has 1 aliphatic carbocycles. The van der Waals surface area contributed by atoms with E-state index in [0.29, 0.717) is 16.6 Å². The van der Waals surface area contributed by atoms with E-state index in [1.54, 1.807) is 36.4 Å². The van der Waals surface area contributed by atoms with E-state index in [9.17, 15) is 18.0 Å². The van der Waals surface area contributed by atoms with Gasteiger partial charge < -0.3 is 4.57 Å². The summed E-state index contributed by atoms with van der Waals surface area (Å²) in [5, 5.41) is 0.601. The maximum absolute atomic E-state index is 14.6. The molecule has 3 aromatic rings. The van der Waals surface area contributed by atoms with E-state index < -0.39 is 27.9 Å². The fourth-order valence-electron chi connectivity index (χ4n) is 5.01. The minimum absolute atomic E-state index is 0.285. The van der Waals surface area contributed by atoms with Crippen LogP contribution in [0.3, 0.4) is 0 Å². The minimum atomic E-state index is -4.52. The highest BCUT2D eigenvalue weighted by Crippen LogP contribution is 2.69. The first kappa shape index (κ1) is 20.1. The minimum Gasteiger partial charge on any atom is -0.345 e. The van der Waals surface area contributed by atoms with Gasteiger partial charge in [0.25, 0.3) is 0 Å². The van der Waals surface area contributed by atoms with Crippen molar-refractivity contribution in [1.82, 2.24) is 4.57 Å². The molecule has 2 aromatic carbocycles. The first-order chi connectivity index (χ1) is 14.3. The summed E-state index contributed by atoms with van der Waals surface area (Å²) in [6, 6.07) is 14.1. The Morgan fingerprint density at radius 3 is 2.33 bits per heavy atom. The highest BCUT2D eigenvalue weighted by molar-refractivity contribution is 8.20. The number of Topliss-reactive ketones (excluding diaryl/α,β-unsaturated/α-hetero) is 1. The number of carbonyl (C=O) groups is 1. The van der Waals surface area contributed by atoms with Crippen molar-refractivity contribution in [2.45, 2.75) is 23.1 Å². The standard InChI is InChI=1S/C23H20F3NOS2/c1-13-7-9-14(10-8-13)20(28)19-18(23(24,25)26)17-15-5-3-4-6-16(15)27(2)21(17)22(19)29-11-12-30-22/h3-10,18-19H,11-12H2,1-2H3/t18-,19-/m1/s1. The number of fused-ring (bicyclic) bond motifs is 4. The van der Waals surface area contributed by atoms with Gasteiger partial charge in [0, 0.05) is 40.7 Å². The Kier molecular flexibility index (Phi) is 4.56. The van der Waals surface area contributed by atoms with E-state index >= 15 is 0 Å². The van der Waals surface area contributed by atoms with Crippen LogP contribution in [0.4, 0.5) is 13.2 Å². The van der Waals surface area contributed by atoms with E-state index in [0.717, 1.165) is 22.6 Å². The predicted octanol–water partition coefficient (Wildman–Crippen LogP) is 6.28. The number of hydrogen-bond donors (Lipinski definition) is 0. The number of aromatic nitrogens is 1. The van der Waals surface area contributed by atoms with Gasteiger partial charge in [-0.3, -0.25) is 4.79 Å². The molecular weight excluding hydrogens is 427 g/mol. The van der Waals surface area contributed by atoms with Gasteiger partial charge in [0.15, 0.2) is 5.78 Å². The molecule has 30 heavy (non-hydrogen) atoms. The zero-order chi connectivity index (χ0) is 21.3. The molecule has 1 aliphatic heterocycles. The number of carbonyl (C=O) groups excluding carboxylic acids is 1. The Bertz CT molecular complexity index is 1140. The Morgan fingerprint density at radius 1 is 1.07 bits per heavy atom. The molecule has 0 radical (unpaired) electrons. The van der Waals surface area contributed by atoms with Crippen molar-refractivity contribution in [2.75, 3.05) is 11.5 Å². The number of hydrogen-bond acceptors (Lipinski definition) is 3. The molecule has 1 fully saturated rings. The molecule has 2 nitrogen and oxygen atoms in total. The normalized spacial score (nSPS) is 22.7. The highest BCUT2D eigenvalue weighted by atomic mass is 32.2. The Morgan fingerprint density at radius 2 is 1.70 bits per heavy atom. The number of para-hydroxylation sites is 1. The molecule has 0 N–H and O–H groups in total. The summed E-state index contributed by atoms with van der Waals surface area (Å²) >= 11 is 3.00. The lowest BCUT2D eigenvalue weighted by Gasteiger charge is -2.33. The molecule has 2 heterocycles. The van der Waals surface area contributed by atoms with Crippen LogP contribution in [0.5, 0.6) is 0 Å². The second-order valence-electron chi connectivity index (χ2n) is 7.93. The van der Waals surface area contributed by atoms with Gasteiger partial charge in [-0.05, 0) is 18.6 Å². The first-order valence-electron chi connectivity index (χ1n) is 9.79. The molecule has 2 atom stereocenters. The maximum atomic E-state index is 14.6. The van der Waals surface area contributed by atoms with Crippen molar-refractivity contribution in [3.63, 3.8) is 0 Å². The van der Waals surface area contributed by atoms with Crippen LogP contribution >= 0.6 is 23.5 Å². The fraction of sp³-hybridized carbons (Fsp3) is 0.348. The topological polar surface area (TPSA) is 22.0 Å². The SMILES string of the molecule is Cc1ccc(C(=O)[C@H]2[C@H](C(F)(F)F)c3c(n(C)c4ccccc34)C23SCCS3)cc1. The summed E-state index contributed by atoms with van der Waals surface area (Å²) in [7, 11) is 1.83. The van der Waals surface area contributed by atoms with E-state index in [-0.39, 0.29) is 5.56 Å². The largest absolute Gasteiger partial charge is 0.396 e. The number of thioether (sulfide) groups is 2. The van der Waals surface area contributed by atoms with Crippen LogP contribution < -0.4 is 0 Å². The number of benzene rings is 2. The second-order valence-corrected chi connectivity index (χ2v) is 10.9.